The number of fused-ring (bicyclic) bond motifs is 2. The molecule has 0 atom stereocenters. The van der Waals surface area contributed by atoms with Crippen LogP contribution in [0, 0.1) is 0 Å². The summed E-state index contributed by atoms with van der Waals surface area (Å²) in [5.41, 5.74) is 2.10. The van der Waals surface area contributed by atoms with Gasteiger partial charge in [-0.1, -0.05) is 12.1 Å². The first-order chi connectivity index (χ1) is 16.7. The van der Waals surface area contributed by atoms with E-state index in [4.69, 9.17) is 0 Å². The average Bonchev–Trinajstić information content (AvgIpc) is 3.23. The predicted octanol–water partition coefficient (Wildman–Crippen LogP) is 4.70. The van der Waals surface area contributed by atoms with Gasteiger partial charge in [-0.15, -0.1) is 18.3 Å². The second-order valence-corrected chi connectivity index (χ2v) is 8.62. The maximum absolute atomic E-state index is 13.3. The first-order valence-corrected chi connectivity index (χ1v) is 11.3. The van der Waals surface area contributed by atoms with Crippen molar-refractivity contribution in [1.82, 2.24) is 24.9 Å². The van der Waals surface area contributed by atoms with Crippen molar-refractivity contribution in [3.63, 3.8) is 0 Å². The van der Waals surface area contributed by atoms with E-state index in [2.05, 4.69) is 30.4 Å². The van der Waals surface area contributed by atoms with Crippen LogP contribution in [0.15, 0.2) is 48.8 Å². The van der Waals surface area contributed by atoms with Gasteiger partial charge in [0.15, 0.2) is 0 Å². The van der Waals surface area contributed by atoms with Crippen LogP contribution in [0.2, 0.25) is 0 Å². The lowest BCUT2D eigenvalue weighted by molar-refractivity contribution is -0.275. The van der Waals surface area contributed by atoms with E-state index in [-0.39, 0.29) is 29.5 Å². The molecule has 3 heterocycles. The van der Waals surface area contributed by atoms with Crippen LogP contribution in [0.4, 0.5) is 19.1 Å². The number of aromatic nitrogens is 4. The molecule has 1 aromatic carbocycles. The highest BCUT2D eigenvalue weighted by molar-refractivity contribution is 5.90. The minimum Gasteiger partial charge on any atom is -0.385 e. The average molecular weight is 484 g/mol. The van der Waals surface area contributed by atoms with Crippen molar-refractivity contribution >= 4 is 28.3 Å². The highest BCUT2D eigenvalue weighted by atomic mass is 19.4. The van der Waals surface area contributed by atoms with Gasteiger partial charge in [0.2, 0.25) is 11.9 Å². The maximum Gasteiger partial charge on any atom is 0.574 e. The van der Waals surface area contributed by atoms with Crippen LogP contribution in [0.3, 0.4) is 0 Å². The third-order valence-electron chi connectivity index (χ3n) is 6.07. The third kappa shape index (κ3) is 5.13. The molecule has 1 aliphatic rings. The summed E-state index contributed by atoms with van der Waals surface area (Å²) in [5.74, 6) is -0.604. The van der Waals surface area contributed by atoms with E-state index < -0.39 is 12.2 Å². The van der Waals surface area contributed by atoms with Gasteiger partial charge in [0.25, 0.3) is 5.88 Å². The lowest BCUT2D eigenvalue weighted by atomic mass is 9.91. The standard InChI is InChI=1S/C24H23F3N6O2/c1-14(34)29-17-5-7-18(8-6-17)30-23-31-22(35-24(25,26)27)21-19(10-12-33(21)32-23)15-4-9-20-16(13-15)3-2-11-28-20/h2-4,9-13,17-18H,5-8H2,1H3,(H,29,34)(H,30,32). The molecular formula is C24H23F3N6O2. The maximum atomic E-state index is 13.3. The van der Waals surface area contributed by atoms with Crippen molar-refractivity contribution < 1.29 is 22.7 Å². The molecule has 0 saturated heterocycles. The van der Waals surface area contributed by atoms with Gasteiger partial charge in [0.1, 0.15) is 5.52 Å². The summed E-state index contributed by atoms with van der Waals surface area (Å²) >= 11 is 0. The minimum absolute atomic E-state index is 0.0285. The number of hydrogen-bond donors (Lipinski definition) is 2. The zero-order valence-electron chi connectivity index (χ0n) is 18.8. The number of ether oxygens (including phenoxy) is 1. The number of alkyl halides is 3. The summed E-state index contributed by atoms with van der Waals surface area (Å²) in [6, 6.07) is 10.9. The Hall–Kier alpha value is -3.89. The molecule has 3 aromatic heterocycles. The number of hydrogen-bond acceptors (Lipinski definition) is 6. The SMILES string of the molecule is CC(=O)NC1CCC(Nc2nc(OC(F)(F)F)c3c(-c4ccc5ncccc5c4)ccn3n2)CC1. The summed E-state index contributed by atoms with van der Waals surface area (Å²) in [6.07, 6.45) is 1.32. The fourth-order valence-corrected chi connectivity index (χ4v) is 4.56. The molecule has 4 aromatic rings. The van der Waals surface area contributed by atoms with Crippen LogP contribution in [0.25, 0.3) is 27.5 Å². The normalized spacial score (nSPS) is 18.5. The van der Waals surface area contributed by atoms with Gasteiger partial charge in [-0.2, -0.15) is 4.98 Å². The van der Waals surface area contributed by atoms with Crippen LogP contribution >= 0.6 is 0 Å². The molecule has 1 aliphatic carbocycles. The minimum atomic E-state index is -4.92. The van der Waals surface area contributed by atoms with Crippen molar-refractivity contribution in [1.29, 1.82) is 0 Å². The topological polar surface area (TPSA) is 93.4 Å². The highest BCUT2D eigenvalue weighted by Crippen LogP contribution is 2.35. The van der Waals surface area contributed by atoms with Gasteiger partial charge >= 0.3 is 6.36 Å². The molecule has 0 unspecified atom stereocenters. The summed E-state index contributed by atoms with van der Waals surface area (Å²) < 4.78 is 45.6. The molecule has 0 radical (unpaired) electrons. The van der Waals surface area contributed by atoms with Crippen molar-refractivity contribution in [3.05, 3.63) is 48.8 Å². The molecule has 2 N–H and O–H groups in total. The zero-order chi connectivity index (χ0) is 24.6. The van der Waals surface area contributed by atoms with E-state index in [1.54, 1.807) is 30.6 Å². The quantitative estimate of drug-likeness (QED) is 0.427. The molecule has 1 fully saturated rings. The molecular weight excluding hydrogens is 461 g/mol. The molecule has 5 rings (SSSR count). The monoisotopic (exact) mass is 484 g/mol. The van der Waals surface area contributed by atoms with E-state index in [0.29, 0.717) is 11.1 Å². The van der Waals surface area contributed by atoms with Gasteiger partial charge < -0.3 is 15.4 Å². The van der Waals surface area contributed by atoms with Crippen LogP contribution in [0.1, 0.15) is 32.6 Å². The smallest absolute Gasteiger partial charge is 0.385 e. The number of halogens is 3. The number of carbonyl (C=O) groups excluding carboxylic acids is 1. The lowest BCUT2D eigenvalue weighted by Crippen LogP contribution is -2.39. The summed E-state index contributed by atoms with van der Waals surface area (Å²) in [7, 11) is 0. The van der Waals surface area contributed by atoms with Gasteiger partial charge in [0.05, 0.1) is 5.52 Å². The number of rotatable bonds is 5. The second kappa shape index (κ2) is 9.05. The van der Waals surface area contributed by atoms with E-state index in [0.717, 1.165) is 36.6 Å². The number of anilines is 1. The van der Waals surface area contributed by atoms with E-state index in [1.807, 2.05) is 18.2 Å². The Labute approximate surface area is 198 Å². The molecule has 0 spiro atoms. The van der Waals surface area contributed by atoms with E-state index in [1.165, 1.54) is 11.4 Å². The van der Waals surface area contributed by atoms with Crippen molar-refractivity contribution in [3.8, 4) is 17.0 Å². The van der Waals surface area contributed by atoms with Gasteiger partial charge in [-0.25, -0.2) is 4.52 Å². The largest absolute Gasteiger partial charge is 0.574 e. The Kier molecular flexibility index (Phi) is 5.91. The molecule has 8 nitrogen and oxygen atoms in total. The fourth-order valence-electron chi connectivity index (χ4n) is 4.56. The van der Waals surface area contributed by atoms with Crippen LogP contribution in [0.5, 0.6) is 5.88 Å². The fraction of sp³-hybridized carbons (Fsp3) is 0.333. The summed E-state index contributed by atoms with van der Waals surface area (Å²) in [4.78, 5) is 19.7. The van der Waals surface area contributed by atoms with E-state index in [9.17, 15) is 18.0 Å². The molecule has 11 heteroatoms. The van der Waals surface area contributed by atoms with Crippen LogP contribution < -0.4 is 15.4 Å². The summed E-state index contributed by atoms with van der Waals surface area (Å²) in [6.45, 7) is 1.48. The second-order valence-electron chi connectivity index (χ2n) is 8.62. The molecule has 182 valence electrons. The Morgan fingerprint density at radius 2 is 1.89 bits per heavy atom. The van der Waals surface area contributed by atoms with Crippen LogP contribution in [-0.4, -0.2) is 43.9 Å². The number of nitrogens with one attached hydrogen (secondary N) is 2. The number of pyridine rings is 1. The molecule has 1 saturated carbocycles. The zero-order valence-corrected chi connectivity index (χ0v) is 18.8. The Morgan fingerprint density at radius 1 is 1.11 bits per heavy atom. The van der Waals surface area contributed by atoms with Crippen molar-refractivity contribution in [2.75, 3.05) is 5.32 Å². The van der Waals surface area contributed by atoms with Gasteiger partial charge in [0, 0.05) is 42.4 Å². The molecule has 1 amide bonds. The third-order valence-corrected chi connectivity index (χ3v) is 6.07. The van der Waals surface area contributed by atoms with Crippen molar-refractivity contribution in [2.45, 2.75) is 51.1 Å². The number of benzene rings is 1. The Bertz CT molecular complexity index is 1380. The Morgan fingerprint density at radius 3 is 2.63 bits per heavy atom. The summed E-state index contributed by atoms with van der Waals surface area (Å²) in [5, 5.41) is 11.3. The predicted molar refractivity (Wildman–Crippen MR) is 124 cm³/mol. The number of carbonyl (C=O) groups is 1. The number of nitrogens with zero attached hydrogens (tertiary/aromatic N) is 4. The van der Waals surface area contributed by atoms with Gasteiger partial charge in [-0.05, 0) is 55.5 Å². The van der Waals surface area contributed by atoms with E-state index >= 15 is 0 Å². The van der Waals surface area contributed by atoms with Crippen LogP contribution in [-0.2, 0) is 4.79 Å². The molecule has 35 heavy (non-hydrogen) atoms. The molecule has 0 aliphatic heterocycles. The Balaban J connectivity index is 1.47. The highest BCUT2D eigenvalue weighted by Gasteiger charge is 2.34. The van der Waals surface area contributed by atoms with Crippen molar-refractivity contribution in [2.24, 2.45) is 0 Å². The first-order valence-electron chi connectivity index (χ1n) is 11.3. The number of amides is 1. The lowest BCUT2D eigenvalue weighted by Gasteiger charge is -2.29. The first kappa shape index (κ1) is 22.9. The van der Waals surface area contributed by atoms with Gasteiger partial charge in [-0.3, -0.25) is 9.78 Å². The molecule has 0 bridgehead atoms.